The third-order valence-electron chi connectivity index (χ3n) is 3.73. The molecule has 0 radical (unpaired) electrons. The fourth-order valence-corrected chi connectivity index (χ4v) is 2.48. The molecule has 2 rings (SSSR count). The van der Waals surface area contributed by atoms with Crippen LogP contribution in [0, 0.1) is 0 Å². The van der Waals surface area contributed by atoms with E-state index in [9.17, 15) is 20.4 Å². The summed E-state index contributed by atoms with van der Waals surface area (Å²) in [6.07, 6.45) is -8.54. The van der Waals surface area contributed by atoms with Gasteiger partial charge in [0.05, 0.1) is 25.4 Å². The van der Waals surface area contributed by atoms with E-state index in [-0.39, 0.29) is 12.8 Å². The lowest BCUT2D eigenvalue weighted by molar-refractivity contribution is -0.333. The first-order valence-electron chi connectivity index (χ1n) is 6.86. The van der Waals surface area contributed by atoms with Crippen molar-refractivity contribution >= 4 is 0 Å². The van der Waals surface area contributed by atoms with Crippen molar-refractivity contribution in [3.63, 3.8) is 0 Å². The minimum absolute atomic E-state index is 0.0278. The molecule has 0 aromatic carbocycles. The number of hydrogen-bond acceptors (Lipinski definition) is 9. The molecule has 0 aliphatic carbocycles. The number of aliphatic hydroxyl groups is 6. The van der Waals surface area contributed by atoms with Crippen LogP contribution < -0.4 is 0 Å². The number of hydrogen-bond donors (Lipinski definition) is 6. The lowest BCUT2D eigenvalue weighted by Crippen LogP contribution is -2.54. The van der Waals surface area contributed by atoms with Crippen molar-refractivity contribution in [2.75, 3.05) is 13.2 Å². The molecule has 2 aliphatic rings. The second kappa shape index (κ2) is 7.27. The molecule has 2 aliphatic heterocycles. The van der Waals surface area contributed by atoms with Crippen molar-refractivity contribution in [3.05, 3.63) is 0 Å². The molecule has 0 aromatic rings. The fourth-order valence-electron chi connectivity index (χ4n) is 2.48. The molecule has 2 fully saturated rings. The van der Waals surface area contributed by atoms with Crippen molar-refractivity contribution in [3.8, 4) is 0 Å². The van der Waals surface area contributed by atoms with Gasteiger partial charge < -0.3 is 44.8 Å². The Morgan fingerprint density at radius 1 is 0.762 bits per heavy atom. The van der Waals surface area contributed by atoms with Gasteiger partial charge in [0.2, 0.25) is 0 Å². The predicted molar refractivity (Wildman–Crippen MR) is 65.8 cm³/mol. The van der Waals surface area contributed by atoms with E-state index in [1.807, 2.05) is 0 Å². The number of ether oxygens (including phenoxy) is 3. The van der Waals surface area contributed by atoms with Crippen LogP contribution in [0.25, 0.3) is 0 Å². The maximum atomic E-state index is 9.68. The third kappa shape index (κ3) is 3.89. The highest BCUT2D eigenvalue weighted by atomic mass is 16.8. The van der Waals surface area contributed by atoms with E-state index in [1.165, 1.54) is 0 Å². The molecule has 8 atom stereocenters. The standard InChI is InChI=1S/C12H22O9/c13-3-7-11(17)5(15)1-9(19-7)21-10-2-6(16)12(18)8(4-14)20-10/h5-18H,1-4H2/t5?,6?,7?,8?,9-,10-,11+,12+/m1/s1. The summed E-state index contributed by atoms with van der Waals surface area (Å²) in [5.74, 6) is 0. The van der Waals surface area contributed by atoms with Crippen LogP contribution in [-0.4, -0.2) is 93.1 Å². The Balaban J connectivity index is 1.92. The molecule has 0 bridgehead atoms. The maximum Gasteiger partial charge on any atom is 0.163 e. The van der Waals surface area contributed by atoms with Gasteiger partial charge in [0.25, 0.3) is 0 Å². The average Bonchev–Trinajstić information content (AvgIpc) is 2.46. The smallest absolute Gasteiger partial charge is 0.163 e. The van der Waals surface area contributed by atoms with Gasteiger partial charge in [-0.05, 0) is 0 Å². The molecule has 9 heteroatoms. The van der Waals surface area contributed by atoms with Crippen LogP contribution >= 0.6 is 0 Å². The highest BCUT2D eigenvalue weighted by molar-refractivity contribution is 4.85. The van der Waals surface area contributed by atoms with E-state index < -0.39 is 62.4 Å². The second-order valence-corrected chi connectivity index (χ2v) is 5.30. The first kappa shape index (κ1) is 17.0. The SMILES string of the molecule is OCC1O[C@H](O[C@@H]2CC(O)[C@H](O)C(CO)O2)CC(O)[C@@H]1O. The molecule has 0 spiro atoms. The lowest BCUT2D eigenvalue weighted by Gasteiger charge is -2.40. The first-order valence-corrected chi connectivity index (χ1v) is 6.86. The highest BCUT2D eigenvalue weighted by Gasteiger charge is 2.41. The van der Waals surface area contributed by atoms with Gasteiger partial charge in [0.1, 0.15) is 24.4 Å². The van der Waals surface area contributed by atoms with Crippen molar-refractivity contribution in [2.45, 2.75) is 62.0 Å². The average molecular weight is 310 g/mol. The Morgan fingerprint density at radius 3 is 1.48 bits per heavy atom. The summed E-state index contributed by atoms with van der Waals surface area (Å²) in [6.45, 7) is -0.964. The van der Waals surface area contributed by atoms with E-state index in [0.29, 0.717) is 0 Å². The van der Waals surface area contributed by atoms with Crippen LogP contribution in [0.15, 0.2) is 0 Å². The monoisotopic (exact) mass is 310 g/mol. The Labute approximate surface area is 121 Å². The summed E-state index contributed by atoms with van der Waals surface area (Å²) in [6, 6.07) is 0. The van der Waals surface area contributed by atoms with E-state index in [1.54, 1.807) is 0 Å². The molecular formula is C12H22O9. The quantitative estimate of drug-likeness (QED) is 0.313. The van der Waals surface area contributed by atoms with Gasteiger partial charge in [-0.2, -0.15) is 0 Å². The van der Waals surface area contributed by atoms with Gasteiger partial charge in [-0.25, -0.2) is 0 Å². The van der Waals surface area contributed by atoms with Crippen molar-refractivity contribution in [1.82, 2.24) is 0 Å². The molecule has 21 heavy (non-hydrogen) atoms. The number of rotatable bonds is 4. The largest absolute Gasteiger partial charge is 0.394 e. The summed E-state index contributed by atoms with van der Waals surface area (Å²) < 4.78 is 16.0. The topological polar surface area (TPSA) is 149 Å². The Bertz CT molecular complexity index is 298. The normalized spacial score (nSPS) is 48.3. The highest BCUT2D eigenvalue weighted by Crippen LogP contribution is 2.27. The zero-order valence-corrected chi connectivity index (χ0v) is 11.4. The van der Waals surface area contributed by atoms with Gasteiger partial charge in [-0.15, -0.1) is 0 Å². The molecular weight excluding hydrogens is 288 g/mol. The van der Waals surface area contributed by atoms with Crippen LogP contribution in [0.1, 0.15) is 12.8 Å². The summed E-state index contributed by atoms with van der Waals surface area (Å²) in [5.41, 5.74) is 0. The van der Waals surface area contributed by atoms with Crippen LogP contribution in [0.5, 0.6) is 0 Å². The van der Waals surface area contributed by atoms with Gasteiger partial charge in [-0.3, -0.25) is 0 Å². The zero-order chi connectivity index (χ0) is 15.6. The molecule has 2 saturated heterocycles. The van der Waals surface area contributed by atoms with Crippen LogP contribution in [0.2, 0.25) is 0 Å². The van der Waals surface area contributed by atoms with Crippen molar-refractivity contribution < 1.29 is 44.8 Å². The van der Waals surface area contributed by atoms with Gasteiger partial charge in [-0.1, -0.05) is 0 Å². The van der Waals surface area contributed by atoms with E-state index >= 15 is 0 Å². The third-order valence-corrected chi connectivity index (χ3v) is 3.73. The minimum atomic E-state index is -1.21. The van der Waals surface area contributed by atoms with Crippen LogP contribution in [0.3, 0.4) is 0 Å². The first-order chi connectivity index (χ1) is 9.96. The van der Waals surface area contributed by atoms with E-state index in [4.69, 9.17) is 24.4 Å². The Kier molecular flexibility index (Phi) is 5.88. The molecule has 9 nitrogen and oxygen atoms in total. The molecule has 0 amide bonds. The van der Waals surface area contributed by atoms with Gasteiger partial charge in [0, 0.05) is 12.8 Å². The second-order valence-electron chi connectivity index (χ2n) is 5.30. The Morgan fingerprint density at radius 2 is 1.14 bits per heavy atom. The number of aliphatic hydroxyl groups excluding tert-OH is 6. The minimum Gasteiger partial charge on any atom is -0.394 e. The Hall–Kier alpha value is -0.360. The lowest BCUT2D eigenvalue weighted by atomic mass is 10.0. The van der Waals surface area contributed by atoms with Crippen LogP contribution in [0.4, 0.5) is 0 Å². The summed E-state index contributed by atoms with van der Waals surface area (Å²) in [5, 5.41) is 56.7. The van der Waals surface area contributed by atoms with Crippen molar-refractivity contribution in [2.24, 2.45) is 0 Å². The fraction of sp³-hybridized carbons (Fsp3) is 1.00. The molecule has 6 N–H and O–H groups in total. The van der Waals surface area contributed by atoms with Crippen LogP contribution in [-0.2, 0) is 14.2 Å². The molecule has 0 saturated carbocycles. The molecule has 2 heterocycles. The molecule has 0 aromatic heterocycles. The van der Waals surface area contributed by atoms with E-state index in [0.717, 1.165) is 0 Å². The van der Waals surface area contributed by atoms with Crippen molar-refractivity contribution in [1.29, 1.82) is 0 Å². The summed E-state index contributed by atoms with van der Waals surface area (Å²) in [4.78, 5) is 0. The summed E-state index contributed by atoms with van der Waals surface area (Å²) >= 11 is 0. The van der Waals surface area contributed by atoms with Gasteiger partial charge >= 0.3 is 0 Å². The maximum absolute atomic E-state index is 9.68. The molecule has 4 unspecified atom stereocenters. The molecule has 124 valence electrons. The van der Waals surface area contributed by atoms with E-state index in [2.05, 4.69) is 0 Å². The summed E-state index contributed by atoms with van der Waals surface area (Å²) in [7, 11) is 0. The van der Waals surface area contributed by atoms with Gasteiger partial charge in [0.15, 0.2) is 12.6 Å². The predicted octanol–water partition coefficient (Wildman–Crippen LogP) is -3.34. The zero-order valence-electron chi connectivity index (χ0n) is 11.4.